The van der Waals surface area contributed by atoms with Crippen molar-refractivity contribution in [3.05, 3.63) is 34.9 Å². The molecule has 0 saturated heterocycles. The SMILES string of the molecule is CCC(=O)N(CCCC[C@H](NC(=O)N[C@@H](CCC(=O)OC(C)(C)C)C(=O)OC(C)(C)C)C(=O)OC(C)(C)C)Cc1cccc(Cl)c1. The van der Waals surface area contributed by atoms with Gasteiger partial charge >= 0.3 is 23.9 Å². The molecule has 46 heavy (non-hydrogen) atoms. The first-order valence-corrected chi connectivity index (χ1v) is 16.2. The number of carbonyl (C=O) groups excluding carboxylic acids is 5. The highest BCUT2D eigenvalue weighted by Gasteiger charge is 2.31. The Morgan fingerprint density at radius 1 is 0.783 bits per heavy atom. The van der Waals surface area contributed by atoms with E-state index >= 15 is 0 Å². The van der Waals surface area contributed by atoms with E-state index in [9.17, 15) is 24.0 Å². The summed E-state index contributed by atoms with van der Waals surface area (Å²) in [5, 5.41) is 5.79. The molecule has 0 unspecified atom stereocenters. The van der Waals surface area contributed by atoms with Gasteiger partial charge in [0.2, 0.25) is 5.91 Å². The molecule has 12 heteroatoms. The topological polar surface area (TPSA) is 140 Å². The fourth-order valence-corrected chi connectivity index (χ4v) is 4.49. The van der Waals surface area contributed by atoms with E-state index in [1.165, 1.54) is 0 Å². The van der Waals surface area contributed by atoms with Crippen LogP contribution in [0.25, 0.3) is 0 Å². The molecular weight excluding hydrogens is 614 g/mol. The zero-order valence-electron chi connectivity index (χ0n) is 29.2. The van der Waals surface area contributed by atoms with Gasteiger partial charge < -0.3 is 29.7 Å². The van der Waals surface area contributed by atoms with Crippen molar-refractivity contribution in [2.24, 2.45) is 0 Å². The number of unbranched alkanes of at least 4 members (excludes halogenated alkanes) is 1. The lowest BCUT2D eigenvalue weighted by Gasteiger charge is -2.27. The van der Waals surface area contributed by atoms with E-state index in [-0.39, 0.29) is 25.2 Å². The average molecular weight is 668 g/mol. The van der Waals surface area contributed by atoms with E-state index in [1.807, 2.05) is 18.2 Å². The average Bonchev–Trinajstić information content (AvgIpc) is 2.88. The fraction of sp³-hybridized carbons (Fsp3) is 0.676. The summed E-state index contributed by atoms with van der Waals surface area (Å²) in [5.74, 6) is -1.90. The number of nitrogens with one attached hydrogen (secondary N) is 2. The molecule has 0 radical (unpaired) electrons. The second-order valence-corrected chi connectivity index (χ2v) is 14.6. The molecule has 1 rings (SSSR count). The minimum atomic E-state index is -1.17. The Labute approximate surface area is 279 Å². The summed E-state index contributed by atoms with van der Waals surface area (Å²) >= 11 is 6.12. The van der Waals surface area contributed by atoms with E-state index in [4.69, 9.17) is 25.8 Å². The number of benzene rings is 1. The molecular formula is C34H54ClN3O8. The van der Waals surface area contributed by atoms with Gasteiger partial charge in [0.15, 0.2) is 0 Å². The highest BCUT2D eigenvalue weighted by molar-refractivity contribution is 6.30. The van der Waals surface area contributed by atoms with Crippen LogP contribution in [0.5, 0.6) is 0 Å². The maximum Gasteiger partial charge on any atom is 0.329 e. The Bertz CT molecular complexity index is 1180. The van der Waals surface area contributed by atoms with Crippen LogP contribution in [0, 0.1) is 0 Å². The maximum atomic E-state index is 13.2. The summed E-state index contributed by atoms with van der Waals surface area (Å²) in [7, 11) is 0. The van der Waals surface area contributed by atoms with E-state index in [0.29, 0.717) is 37.4 Å². The quantitative estimate of drug-likeness (QED) is 0.130. The second-order valence-electron chi connectivity index (χ2n) is 14.2. The van der Waals surface area contributed by atoms with Gasteiger partial charge in [-0.15, -0.1) is 0 Å². The molecule has 3 amide bonds. The van der Waals surface area contributed by atoms with Crippen LogP contribution in [-0.2, 0) is 39.9 Å². The highest BCUT2D eigenvalue weighted by Crippen LogP contribution is 2.17. The van der Waals surface area contributed by atoms with Crippen molar-refractivity contribution in [3.8, 4) is 0 Å². The van der Waals surface area contributed by atoms with E-state index in [0.717, 1.165) is 5.56 Å². The lowest BCUT2D eigenvalue weighted by atomic mass is 10.1. The Balaban J connectivity index is 2.98. The molecule has 0 aromatic heterocycles. The molecule has 0 spiro atoms. The minimum absolute atomic E-state index is 0.0132. The third kappa shape index (κ3) is 18.0. The summed E-state index contributed by atoms with van der Waals surface area (Å²) in [6.45, 7) is 18.1. The zero-order valence-corrected chi connectivity index (χ0v) is 30.0. The summed E-state index contributed by atoms with van der Waals surface area (Å²) < 4.78 is 16.4. The monoisotopic (exact) mass is 667 g/mol. The summed E-state index contributed by atoms with van der Waals surface area (Å²) in [6, 6.07) is 4.32. The van der Waals surface area contributed by atoms with Crippen LogP contribution in [0.4, 0.5) is 4.79 Å². The molecule has 11 nitrogen and oxygen atoms in total. The van der Waals surface area contributed by atoms with Crippen LogP contribution >= 0.6 is 11.6 Å². The van der Waals surface area contributed by atoms with Crippen LogP contribution < -0.4 is 10.6 Å². The molecule has 0 bridgehead atoms. The van der Waals surface area contributed by atoms with Crippen molar-refractivity contribution in [2.75, 3.05) is 6.54 Å². The van der Waals surface area contributed by atoms with Crippen molar-refractivity contribution in [1.82, 2.24) is 15.5 Å². The van der Waals surface area contributed by atoms with E-state index in [2.05, 4.69) is 10.6 Å². The Kier molecular flexibility index (Phi) is 16.0. The first-order valence-electron chi connectivity index (χ1n) is 15.9. The summed E-state index contributed by atoms with van der Waals surface area (Å²) in [4.78, 5) is 65.9. The van der Waals surface area contributed by atoms with Crippen molar-refractivity contribution in [2.45, 2.75) is 143 Å². The summed E-state index contributed by atoms with van der Waals surface area (Å²) in [6.07, 6.45) is 1.41. The van der Waals surface area contributed by atoms with Gasteiger partial charge in [-0.1, -0.05) is 30.7 Å². The van der Waals surface area contributed by atoms with Gasteiger partial charge in [-0.05, 0) is 106 Å². The van der Waals surface area contributed by atoms with Gasteiger partial charge in [0.25, 0.3) is 0 Å². The molecule has 0 aliphatic carbocycles. The predicted octanol–water partition coefficient (Wildman–Crippen LogP) is 6.09. The zero-order chi connectivity index (χ0) is 35.3. The first-order chi connectivity index (χ1) is 21.1. The van der Waals surface area contributed by atoms with E-state index < -0.39 is 52.8 Å². The Morgan fingerprint density at radius 3 is 1.78 bits per heavy atom. The third-order valence-electron chi connectivity index (χ3n) is 6.14. The molecule has 2 N–H and O–H groups in total. The number of urea groups is 1. The predicted molar refractivity (Wildman–Crippen MR) is 177 cm³/mol. The smallest absolute Gasteiger partial charge is 0.329 e. The van der Waals surface area contributed by atoms with Crippen molar-refractivity contribution in [3.63, 3.8) is 0 Å². The fourth-order valence-electron chi connectivity index (χ4n) is 4.28. The standard InChI is InChI=1S/C34H54ClN3O8/c1-11-27(39)38(22-23-15-14-16-24(35)21-23)20-13-12-17-25(29(41)45-33(5,6)7)36-31(43)37-26(30(42)46-34(8,9)10)18-19-28(40)44-32(2,3)4/h14-16,21,25-26H,11-13,17-20,22H2,1-10H3,(H2,36,37,43)/t25-,26-/m0/s1. The van der Waals surface area contributed by atoms with E-state index in [1.54, 1.807) is 80.2 Å². The van der Waals surface area contributed by atoms with Crippen molar-refractivity contribution in [1.29, 1.82) is 0 Å². The van der Waals surface area contributed by atoms with Crippen LogP contribution in [0.3, 0.4) is 0 Å². The highest BCUT2D eigenvalue weighted by atomic mass is 35.5. The molecule has 2 atom stereocenters. The number of rotatable bonds is 15. The Hall–Kier alpha value is -3.34. The maximum absolute atomic E-state index is 13.2. The van der Waals surface area contributed by atoms with Crippen molar-refractivity contribution < 1.29 is 38.2 Å². The van der Waals surface area contributed by atoms with Gasteiger partial charge in [-0.3, -0.25) is 9.59 Å². The molecule has 1 aromatic rings. The van der Waals surface area contributed by atoms with Gasteiger partial charge in [0.05, 0.1) is 0 Å². The largest absolute Gasteiger partial charge is 0.460 e. The van der Waals surface area contributed by atoms with Crippen LogP contribution in [0.15, 0.2) is 24.3 Å². The first kappa shape index (κ1) is 40.7. The van der Waals surface area contributed by atoms with Gasteiger partial charge in [0.1, 0.15) is 28.9 Å². The van der Waals surface area contributed by atoms with Gasteiger partial charge in [-0.25, -0.2) is 14.4 Å². The molecule has 260 valence electrons. The molecule has 1 aromatic carbocycles. The number of ether oxygens (including phenoxy) is 3. The number of hydrogen-bond donors (Lipinski definition) is 2. The van der Waals surface area contributed by atoms with Crippen LogP contribution in [0.1, 0.15) is 113 Å². The van der Waals surface area contributed by atoms with Gasteiger partial charge in [-0.2, -0.15) is 0 Å². The Morgan fingerprint density at radius 2 is 1.30 bits per heavy atom. The number of amides is 3. The minimum Gasteiger partial charge on any atom is -0.460 e. The lowest BCUT2D eigenvalue weighted by molar-refractivity contribution is -0.159. The number of hydrogen-bond acceptors (Lipinski definition) is 8. The number of halogens is 1. The number of carbonyl (C=O) groups is 5. The molecule has 0 aliphatic rings. The second kappa shape index (κ2) is 18.1. The number of esters is 3. The summed E-state index contributed by atoms with van der Waals surface area (Å²) in [5.41, 5.74) is -1.44. The normalized spacial score (nSPS) is 13.2. The van der Waals surface area contributed by atoms with Gasteiger partial charge in [0, 0.05) is 31.0 Å². The van der Waals surface area contributed by atoms with Crippen LogP contribution in [0.2, 0.25) is 5.02 Å². The molecule has 0 saturated carbocycles. The van der Waals surface area contributed by atoms with Crippen molar-refractivity contribution >= 4 is 41.4 Å². The lowest BCUT2D eigenvalue weighted by Crippen LogP contribution is -2.53. The number of nitrogens with zero attached hydrogens (tertiary/aromatic N) is 1. The molecule has 0 fully saturated rings. The third-order valence-corrected chi connectivity index (χ3v) is 6.37. The molecule has 0 heterocycles. The van der Waals surface area contributed by atoms with Crippen LogP contribution in [-0.4, -0.2) is 70.2 Å². The molecule has 0 aliphatic heterocycles.